The third-order valence-corrected chi connectivity index (χ3v) is 5.42. The second kappa shape index (κ2) is 7.18. The molecule has 8 heteroatoms. The minimum Gasteiger partial charge on any atom is -0.465 e. The Balaban J connectivity index is 1.47. The number of hydrogen-bond acceptors (Lipinski definition) is 4. The highest BCUT2D eigenvalue weighted by Gasteiger charge is 2.42. The van der Waals surface area contributed by atoms with E-state index in [1.54, 1.807) is 17.9 Å². The first-order valence-corrected chi connectivity index (χ1v) is 9.47. The lowest BCUT2D eigenvalue weighted by Gasteiger charge is -2.46. The molecule has 7 nitrogen and oxygen atoms in total. The Morgan fingerprint density at radius 1 is 1.29 bits per heavy atom. The number of hydrogen-bond donors (Lipinski definition) is 2. The number of amides is 2. The van der Waals surface area contributed by atoms with Gasteiger partial charge in [-0.05, 0) is 50.1 Å². The van der Waals surface area contributed by atoms with Crippen LogP contribution in [0, 0.1) is 5.82 Å². The zero-order chi connectivity index (χ0) is 19.7. The molecule has 0 aliphatic carbocycles. The number of halogens is 1. The zero-order valence-corrected chi connectivity index (χ0v) is 15.7. The summed E-state index contributed by atoms with van der Waals surface area (Å²) in [5.74, 6) is -0.734. The third-order valence-electron chi connectivity index (χ3n) is 5.42. The van der Waals surface area contributed by atoms with Gasteiger partial charge in [0.2, 0.25) is 0 Å². The Labute approximate surface area is 162 Å². The monoisotopic (exact) mass is 386 g/mol. The van der Waals surface area contributed by atoms with Crippen molar-refractivity contribution in [2.45, 2.75) is 25.3 Å². The SMILES string of the molecule is CCOC(=O)CNC(=O)N1CCC2(CC1)Nc1cc(F)ccc1-n1cccc12. The van der Waals surface area contributed by atoms with Crippen molar-refractivity contribution in [1.82, 2.24) is 14.8 Å². The van der Waals surface area contributed by atoms with Gasteiger partial charge in [0.25, 0.3) is 0 Å². The molecule has 0 bridgehead atoms. The molecule has 0 unspecified atom stereocenters. The fourth-order valence-electron chi connectivity index (χ4n) is 4.07. The van der Waals surface area contributed by atoms with Gasteiger partial charge in [-0.25, -0.2) is 9.18 Å². The fourth-order valence-corrected chi connectivity index (χ4v) is 4.07. The summed E-state index contributed by atoms with van der Waals surface area (Å²) in [6.45, 7) is 2.92. The van der Waals surface area contributed by atoms with Gasteiger partial charge in [-0.15, -0.1) is 0 Å². The van der Waals surface area contributed by atoms with E-state index in [0.29, 0.717) is 25.9 Å². The molecule has 2 aromatic rings. The van der Waals surface area contributed by atoms with Crippen LogP contribution in [-0.2, 0) is 15.1 Å². The first kappa shape index (κ1) is 18.3. The molecule has 1 fully saturated rings. The van der Waals surface area contributed by atoms with Gasteiger partial charge in [0.15, 0.2) is 0 Å². The maximum atomic E-state index is 13.8. The number of carbonyl (C=O) groups excluding carboxylic acids is 2. The van der Waals surface area contributed by atoms with Crippen molar-refractivity contribution in [3.05, 3.63) is 48.0 Å². The first-order chi connectivity index (χ1) is 13.5. The summed E-state index contributed by atoms with van der Waals surface area (Å²) in [7, 11) is 0. The maximum Gasteiger partial charge on any atom is 0.325 e. The Kier molecular flexibility index (Phi) is 4.70. The number of aromatic nitrogens is 1. The van der Waals surface area contributed by atoms with E-state index in [1.165, 1.54) is 12.1 Å². The van der Waals surface area contributed by atoms with Gasteiger partial charge in [0.05, 0.1) is 23.5 Å². The number of rotatable bonds is 3. The second-order valence-corrected chi connectivity index (χ2v) is 7.08. The van der Waals surface area contributed by atoms with Crippen molar-refractivity contribution < 1.29 is 18.7 Å². The molecule has 4 rings (SSSR count). The summed E-state index contributed by atoms with van der Waals surface area (Å²) in [4.78, 5) is 25.5. The van der Waals surface area contributed by atoms with Crippen LogP contribution >= 0.6 is 0 Å². The quantitative estimate of drug-likeness (QED) is 0.795. The van der Waals surface area contributed by atoms with E-state index < -0.39 is 5.97 Å². The van der Waals surface area contributed by atoms with E-state index in [1.807, 2.05) is 12.3 Å². The average Bonchev–Trinajstić information content (AvgIpc) is 3.18. The van der Waals surface area contributed by atoms with Crippen LogP contribution in [0.4, 0.5) is 14.9 Å². The Morgan fingerprint density at radius 2 is 2.07 bits per heavy atom. The highest BCUT2D eigenvalue weighted by Crippen LogP contribution is 2.43. The second-order valence-electron chi connectivity index (χ2n) is 7.08. The number of benzene rings is 1. The van der Waals surface area contributed by atoms with Gasteiger partial charge < -0.3 is 24.8 Å². The molecule has 28 heavy (non-hydrogen) atoms. The molecule has 148 valence electrons. The summed E-state index contributed by atoms with van der Waals surface area (Å²) in [6.07, 6.45) is 3.34. The van der Waals surface area contributed by atoms with Gasteiger partial charge in [-0.3, -0.25) is 4.79 Å². The Morgan fingerprint density at radius 3 is 2.82 bits per heavy atom. The molecule has 0 saturated carbocycles. The van der Waals surface area contributed by atoms with E-state index >= 15 is 0 Å². The number of carbonyl (C=O) groups is 2. The molecule has 2 amide bonds. The van der Waals surface area contributed by atoms with Crippen LogP contribution in [0.5, 0.6) is 0 Å². The molecule has 1 spiro atoms. The van der Waals surface area contributed by atoms with E-state index in [2.05, 4.69) is 21.3 Å². The standard InChI is InChI=1S/C20H23FN4O3/c1-2-28-18(26)13-22-19(27)24-10-7-20(8-11-24)17-4-3-9-25(17)16-6-5-14(21)12-15(16)23-20/h3-6,9,12,23H,2,7-8,10-11,13H2,1H3,(H,22,27). The van der Waals surface area contributed by atoms with Crippen molar-refractivity contribution in [3.8, 4) is 5.69 Å². The molecule has 2 N–H and O–H groups in total. The van der Waals surface area contributed by atoms with E-state index in [4.69, 9.17) is 4.74 Å². The third kappa shape index (κ3) is 3.19. The molecule has 2 aliphatic rings. The number of urea groups is 1. The van der Waals surface area contributed by atoms with Crippen molar-refractivity contribution in [1.29, 1.82) is 0 Å². The van der Waals surface area contributed by atoms with Crippen LogP contribution in [0.25, 0.3) is 5.69 Å². The summed E-state index contributed by atoms with van der Waals surface area (Å²) in [5.41, 5.74) is 2.42. The number of nitrogens with one attached hydrogen (secondary N) is 2. The molecule has 1 saturated heterocycles. The minimum absolute atomic E-state index is 0.137. The van der Waals surface area contributed by atoms with Crippen LogP contribution in [-0.4, -0.2) is 47.7 Å². The number of nitrogens with zero attached hydrogens (tertiary/aromatic N) is 2. The largest absolute Gasteiger partial charge is 0.465 e. The van der Waals surface area contributed by atoms with Crippen LogP contribution in [0.3, 0.4) is 0 Å². The van der Waals surface area contributed by atoms with Crippen molar-refractivity contribution >= 4 is 17.7 Å². The van der Waals surface area contributed by atoms with Gasteiger partial charge in [0, 0.05) is 25.0 Å². The summed E-state index contributed by atoms with van der Waals surface area (Å²) < 4.78 is 20.7. The molecule has 2 aliphatic heterocycles. The smallest absolute Gasteiger partial charge is 0.325 e. The molecule has 0 atom stereocenters. The first-order valence-electron chi connectivity index (χ1n) is 9.47. The predicted molar refractivity (Wildman–Crippen MR) is 102 cm³/mol. The van der Waals surface area contributed by atoms with Crippen molar-refractivity contribution in [3.63, 3.8) is 0 Å². The lowest BCUT2D eigenvalue weighted by atomic mass is 9.82. The van der Waals surface area contributed by atoms with Gasteiger partial charge in [-0.1, -0.05) is 0 Å². The number of likely N-dealkylation sites (tertiary alicyclic amines) is 1. The van der Waals surface area contributed by atoms with Crippen LogP contribution in [0.15, 0.2) is 36.5 Å². The number of fused-ring (bicyclic) bond motifs is 4. The maximum absolute atomic E-state index is 13.8. The highest BCUT2D eigenvalue weighted by molar-refractivity contribution is 5.81. The minimum atomic E-state index is -0.449. The number of esters is 1. The van der Waals surface area contributed by atoms with E-state index in [0.717, 1.165) is 17.1 Å². The predicted octanol–water partition coefficient (Wildman–Crippen LogP) is 2.61. The Hall–Kier alpha value is -3.03. The molecule has 1 aromatic carbocycles. The van der Waals surface area contributed by atoms with Gasteiger partial charge in [0.1, 0.15) is 12.4 Å². The Bertz CT molecular complexity index is 903. The molecular formula is C20H23FN4O3. The lowest BCUT2D eigenvalue weighted by Crippen LogP contribution is -2.53. The number of anilines is 1. The molecular weight excluding hydrogens is 363 g/mol. The summed E-state index contributed by atoms with van der Waals surface area (Å²) in [5, 5.41) is 6.13. The number of ether oxygens (including phenoxy) is 1. The number of piperidine rings is 1. The molecule has 1 aromatic heterocycles. The lowest BCUT2D eigenvalue weighted by molar-refractivity contribution is -0.141. The summed E-state index contributed by atoms with van der Waals surface area (Å²) in [6, 6.07) is 8.51. The van der Waals surface area contributed by atoms with Gasteiger partial charge in [-0.2, -0.15) is 0 Å². The average molecular weight is 386 g/mol. The van der Waals surface area contributed by atoms with E-state index in [9.17, 15) is 14.0 Å². The van der Waals surface area contributed by atoms with Crippen molar-refractivity contribution in [2.75, 3.05) is 31.6 Å². The zero-order valence-electron chi connectivity index (χ0n) is 15.7. The van der Waals surface area contributed by atoms with Gasteiger partial charge >= 0.3 is 12.0 Å². The molecule has 0 radical (unpaired) electrons. The highest BCUT2D eigenvalue weighted by atomic mass is 19.1. The van der Waals surface area contributed by atoms with Crippen molar-refractivity contribution in [2.24, 2.45) is 0 Å². The van der Waals surface area contributed by atoms with Crippen LogP contribution in [0.1, 0.15) is 25.5 Å². The fraction of sp³-hybridized carbons (Fsp3) is 0.400. The molecule has 3 heterocycles. The van der Waals surface area contributed by atoms with E-state index in [-0.39, 0.29) is 30.5 Å². The van der Waals surface area contributed by atoms with Crippen LogP contribution < -0.4 is 10.6 Å². The van der Waals surface area contributed by atoms with Crippen LogP contribution in [0.2, 0.25) is 0 Å². The summed E-state index contributed by atoms with van der Waals surface area (Å²) >= 11 is 0. The normalized spacial score (nSPS) is 16.7. The topological polar surface area (TPSA) is 75.6 Å².